The first-order valence-electron chi connectivity index (χ1n) is 9.19. The predicted octanol–water partition coefficient (Wildman–Crippen LogP) is 2.88. The Morgan fingerprint density at radius 3 is 2.52 bits per heavy atom. The maximum Gasteiger partial charge on any atom is 0.325 e. The fourth-order valence-corrected chi connectivity index (χ4v) is 2.57. The average molecular weight is 370 g/mol. The van der Waals surface area contributed by atoms with Gasteiger partial charge in [0.15, 0.2) is 0 Å². The van der Waals surface area contributed by atoms with Gasteiger partial charge < -0.3 is 14.4 Å². The van der Waals surface area contributed by atoms with Crippen molar-refractivity contribution < 1.29 is 19.1 Å². The first-order valence-corrected chi connectivity index (χ1v) is 9.19. The van der Waals surface area contributed by atoms with Crippen molar-refractivity contribution in [1.82, 2.24) is 9.88 Å². The molecule has 6 heteroatoms. The molecule has 0 saturated heterocycles. The Bertz CT molecular complexity index is 692. The minimum Gasteiger partial charge on any atom is -0.493 e. The molecule has 0 N–H and O–H groups in total. The van der Waals surface area contributed by atoms with Gasteiger partial charge in [-0.25, -0.2) is 0 Å². The van der Waals surface area contributed by atoms with Crippen LogP contribution in [0.5, 0.6) is 5.75 Å². The summed E-state index contributed by atoms with van der Waals surface area (Å²) in [4.78, 5) is 29.9. The summed E-state index contributed by atoms with van der Waals surface area (Å²) in [5.74, 6) is 0.272. The van der Waals surface area contributed by atoms with Gasteiger partial charge in [-0.2, -0.15) is 0 Å². The summed E-state index contributed by atoms with van der Waals surface area (Å²) >= 11 is 0. The summed E-state index contributed by atoms with van der Waals surface area (Å²) in [6, 6.07) is 13.4. The van der Waals surface area contributed by atoms with Gasteiger partial charge in [0.05, 0.1) is 13.2 Å². The molecule has 0 aliphatic carbocycles. The smallest absolute Gasteiger partial charge is 0.325 e. The minimum atomic E-state index is -0.382. The lowest BCUT2D eigenvalue weighted by Gasteiger charge is -2.22. The molecule has 0 spiro atoms. The summed E-state index contributed by atoms with van der Waals surface area (Å²) < 4.78 is 10.6. The second-order valence-electron chi connectivity index (χ2n) is 5.99. The first kappa shape index (κ1) is 20.4. The first-order chi connectivity index (χ1) is 13.2. The van der Waals surface area contributed by atoms with E-state index in [-0.39, 0.29) is 18.4 Å². The number of ether oxygens (including phenoxy) is 2. The van der Waals surface area contributed by atoms with E-state index in [1.165, 1.54) is 0 Å². The summed E-state index contributed by atoms with van der Waals surface area (Å²) in [5, 5.41) is 0. The fourth-order valence-electron chi connectivity index (χ4n) is 2.57. The Hall–Kier alpha value is -2.89. The van der Waals surface area contributed by atoms with E-state index >= 15 is 0 Å². The number of amides is 1. The van der Waals surface area contributed by atoms with Gasteiger partial charge in [-0.05, 0) is 37.5 Å². The molecular weight excluding hydrogens is 344 g/mol. The van der Waals surface area contributed by atoms with Crippen LogP contribution in [0.4, 0.5) is 0 Å². The molecule has 6 nitrogen and oxygen atoms in total. The molecule has 0 atom stereocenters. The van der Waals surface area contributed by atoms with E-state index in [4.69, 9.17) is 9.47 Å². The molecule has 144 valence electrons. The Morgan fingerprint density at radius 2 is 1.81 bits per heavy atom. The highest BCUT2D eigenvalue weighted by molar-refractivity contribution is 5.82. The van der Waals surface area contributed by atoms with Crippen molar-refractivity contribution in [3.05, 3.63) is 60.4 Å². The molecule has 0 radical (unpaired) electrons. The van der Waals surface area contributed by atoms with Crippen LogP contribution in [0.2, 0.25) is 0 Å². The number of rotatable bonds is 11. The Balaban J connectivity index is 1.82. The van der Waals surface area contributed by atoms with Crippen LogP contribution in [0, 0.1) is 0 Å². The number of hydrogen-bond donors (Lipinski definition) is 0. The number of benzene rings is 1. The number of esters is 1. The third-order valence-electron chi connectivity index (χ3n) is 3.94. The van der Waals surface area contributed by atoms with E-state index in [1.807, 2.05) is 30.3 Å². The van der Waals surface area contributed by atoms with Gasteiger partial charge in [-0.3, -0.25) is 14.6 Å². The van der Waals surface area contributed by atoms with Gasteiger partial charge in [0, 0.05) is 25.4 Å². The van der Waals surface area contributed by atoms with E-state index in [0.717, 1.165) is 11.3 Å². The van der Waals surface area contributed by atoms with Gasteiger partial charge >= 0.3 is 5.97 Å². The maximum absolute atomic E-state index is 12.6. The average Bonchev–Trinajstić information content (AvgIpc) is 2.70. The van der Waals surface area contributed by atoms with Crippen molar-refractivity contribution in [2.75, 3.05) is 26.3 Å². The number of nitrogens with zero attached hydrogens (tertiary/aromatic N) is 2. The second-order valence-corrected chi connectivity index (χ2v) is 5.99. The number of carbonyl (C=O) groups is 2. The van der Waals surface area contributed by atoms with E-state index in [0.29, 0.717) is 39.0 Å². The van der Waals surface area contributed by atoms with Crippen LogP contribution >= 0.6 is 0 Å². The molecule has 0 aliphatic rings. The molecule has 0 bridgehead atoms. The number of aromatic nitrogens is 1. The highest BCUT2D eigenvalue weighted by Crippen LogP contribution is 2.09. The van der Waals surface area contributed by atoms with E-state index < -0.39 is 0 Å². The van der Waals surface area contributed by atoms with Crippen molar-refractivity contribution in [2.45, 2.75) is 26.2 Å². The van der Waals surface area contributed by atoms with Gasteiger partial charge in [-0.1, -0.05) is 30.3 Å². The van der Waals surface area contributed by atoms with Crippen molar-refractivity contribution in [2.24, 2.45) is 0 Å². The number of carbonyl (C=O) groups excluding carboxylic acids is 2. The topological polar surface area (TPSA) is 68.7 Å². The highest BCUT2D eigenvalue weighted by atomic mass is 16.5. The zero-order valence-electron chi connectivity index (χ0n) is 15.7. The molecule has 0 unspecified atom stereocenters. The SMILES string of the molecule is CCOC(=O)CN(CCc1ccccc1)C(=O)CCCOc1ccncc1. The lowest BCUT2D eigenvalue weighted by atomic mass is 10.1. The van der Waals surface area contributed by atoms with Gasteiger partial charge in [0.2, 0.25) is 5.91 Å². The van der Waals surface area contributed by atoms with Gasteiger partial charge in [0.1, 0.15) is 12.3 Å². The monoisotopic (exact) mass is 370 g/mol. The van der Waals surface area contributed by atoms with Gasteiger partial charge in [-0.15, -0.1) is 0 Å². The molecule has 0 fully saturated rings. The summed E-state index contributed by atoms with van der Waals surface area (Å²) in [5.41, 5.74) is 1.13. The highest BCUT2D eigenvalue weighted by Gasteiger charge is 2.17. The third kappa shape index (κ3) is 7.90. The minimum absolute atomic E-state index is 0.0231. The zero-order valence-corrected chi connectivity index (χ0v) is 15.7. The lowest BCUT2D eigenvalue weighted by Crippen LogP contribution is -2.38. The van der Waals surface area contributed by atoms with Crippen LogP contribution in [0.1, 0.15) is 25.3 Å². The van der Waals surface area contributed by atoms with Crippen LogP contribution in [-0.4, -0.2) is 48.1 Å². The molecule has 2 rings (SSSR count). The molecule has 2 aromatic rings. The standard InChI is InChI=1S/C21H26N2O4/c1-2-26-21(25)17-23(15-12-18-7-4-3-5-8-18)20(24)9-6-16-27-19-10-13-22-14-11-19/h3-5,7-8,10-11,13-14H,2,6,9,12,15-17H2,1H3. The molecule has 1 amide bonds. The molecule has 27 heavy (non-hydrogen) atoms. The number of hydrogen-bond acceptors (Lipinski definition) is 5. The normalized spacial score (nSPS) is 10.3. The molecular formula is C21H26N2O4. The van der Waals surface area contributed by atoms with Crippen molar-refractivity contribution in [1.29, 1.82) is 0 Å². The lowest BCUT2D eigenvalue weighted by molar-refractivity contribution is -0.149. The fraction of sp³-hybridized carbons (Fsp3) is 0.381. The third-order valence-corrected chi connectivity index (χ3v) is 3.94. The van der Waals surface area contributed by atoms with Crippen molar-refractivity contribution in [3.63, 3.8) is 0 Å². The quantitative estimate of drug-likeness (QED) is 0.449. The summed E-state index contributed by atoms with van der Waals surface area (Å²) in [7, 11) is 0. The molecule has 1 aromatic carbocycles. The Morgan fingerprint density at radius 1 is 1.07 bits per heavy atom. The van der Waals surface area contributed by atoms with Crippen molar-refractivity contribution in [3.8, 4) is 5.75 Å². The maximum atomic E-state index is 12.6. The van der Waals surface area contributed by atoms with E-state index in [1.54, 1.807) is 36.4 Å². The summed E-state index contributed by atoms with van der Waals surface area (Å²) in [6.07, 6.45) is 4.90. The van der Waals surface area contributed by atoms with Crippen LogP contribution in [0.3, 0.4) is 0 Å². The molecule has 1 heterocycles. The second kappa shape index (κ2) is 11.7. The zero-order chi connectivity index (χ0) is 19.3. The molecule has 0 saturated carbocycles. The Labute approximate surface area is 160 Å². The van der Waals surface area contributed by atoms with Crippen LogP contribution in [0.15, 0.2) is 54.9 Å². The van der Waals surface area contributed by atoms with Crippen molar-refractivity contribution >= 4 is 11.9 Å². The molecule has 1 aromatic heterocycles. The van der Waals surface area contributed by atoms with Crippen LogP contribution < -0.4 is 4.74 Å². The number of pyridine rings is 1. The van der Waals surface area contributed by atoms with Crippen LogP contribution in [0.25, 0.3) is 0 Å². The predicted molar refractivity (Wildman–Crippen MR) is 102 cm³/mol. The molecule has 0 aliphatic heterocycles. The largest absolute Gasteiger partial charge is 0.493 e. The Kier molecular flexibility index (Phi) is 8.83. The van der Waals surface area contributed by atoms with E-state index in [9.17, 15) is 9.59 Å². The van der Waals surface area contributed by atoms with Crippen LogP contribution in [-0.2, 0) is 20.7 Å². The van der Waals surface area contributed by atoms with E-state index in [2.05, 4.69) is 4.98 Å². The van der Waals surface area contributed by atoms with Gasteiger partial charge in [0.25, 0.3) is 0 Å². The summed E-state index contributed by atoms with van der Waals surface area (Å²) in [6.45, 7) is 2.95.